The summed E-state index contributed by atoms with van der Waals surface area (Å²) in [5.41, 5.74) is 2.39. The highest BCUT2D eigenvalue weighted by atomic mass is 35.5. The molecule has 116 valence electrons. The van der Waals surface area contributed by atoms with Gasteiger partial charge in [0.1, 0.15) is 5.82 Å². The Hall–Kier alpha value is -2.24. The molecule has 3 nitrogen and oxygen atoms in total. The molecule has 1 aromatic heterocycles. The summed E-state index contributed by atoms with van der Waals surface area (Å²) < 4.78 is 12.9. The molecule has 0 unspecified atom stereocenters. The standard InChI is InChI=1S/C17H12ClFN2OS/c18-13-5-1-11(2-6-13)9-16(22)21-17-20-15(10-23-17)12-3-7-14(19)8-4-12/h1-8,10H,9H2,(H,20,21,22). The van der Waals surface area contributed by atoms with E-state index in [1.165, 1.54) is 23.5 Å². The van der Waals surface area contributed by atoms with Gasteiger partial charge in [0, 0.05) is 16.0 Å². The summed E-state index contributed by atoms with van der Waals surface area (Å²) in [5, 5.41) is 5.75. The van der Waals surface area contributed by atoms with Crippen LogP contribution in [0.25, 0.3) is 11.3 Å². The molecule has 0 atom stereocenters. The van der Waals surface area contributed by atoms with Crippen LogP contribution in [-0.4, -0.2) is 10.9 Å². The number of carbonyl (C=O) groups is 1. The number of carbonyl (C=O) groups excluding carboxylic acids is 1. The second-order valence-electron chi connectivity index (χ2n) is 4.90. The largest absolute Gasteiger partial charge is 0.302 e. The molecule has 0 radical (unpaired) electrons. The minimum Gasteiger partial charge on any atom is -0.302 e. The van der Waals surface area contributed by atoms with E-state index in [1.54, 1.807) is 24.3 Å². The van der Waals surface area contributed by atoms with Crippen LogP contribution in [0.4, 0.5) is 9.52 Å². The van der Waals surface area contributed by atoms with Gasteiger partial charge in [0.05, 0.1) is 12.1 Å². The number of hydrogen-bond donors (Lipinski definition) is 1. The van der Waals surface area contributed by atoms with Crippen molar-refractivity contribution >= 4 is 34.0 Å². The SMILES string of the molecule is O=C(Cc1ccc(Cl)cc1)Nc1nc(-c2ccc(F)cc2)cs1. The first-order valence-electron chi connectivity index (χ1n) is 6.86. The number of halogens is 2. The lowest BCUT2D eigenvalue weighted by atomic mass is 10.1. The zero-order valence-corrected chi connectivity index (χ0v) is 13.5. The van der Waals surface area contributed by atoms with E-state index in [4.69, 9.17) is 11.6 Å². The van der Waals surface area contributed by atoms with Gasteiger partial charge in [0.15, 0.2) is 5.13 Å². The number of rotatable bonds is 4. The second kappa shape index (κ2) is 6.89. The lowest BCUT2D eigenvalue weighted by molar-refractivity contribution is -0.115. The number of nitrogens with one attached hydrogen (secondary N) is 1. The number of aromatic nitrogens is 1. The predicted octanol–water partition coefficient (Wildman–Crippen LogP) is 4.78. The Morgan fingerprint density at radius 3 is 2.52 bits per heavy atom. The molecule has 1 heterocycles. The highest BCUT2D eigenvalue weighted by Gasteiger charge is 2.09. The number of hydrogen-bond acceptors (Lipinski definition) is 3. The molecule has 0 saturated heterocycles. The van der Waals surface area contributed by atoms with Crippen LogP contribution in [0.15, 0.2) is 53.9 Å². The van der Waals surface area contributed by atoms with Crippen molar-refractivity contribution in [1.29, 1.82) is 0 Å². The molecule has 0 fully saturated rings. The summed E-state index contributed by atoms with van der Waals surface area (Å²) in [6.07, 6.45) is 0.253. The van der Waals surface area contributed by atoms with Crippen molar-refractivity contribution in [3.63, 3.8) is 0 Å². The molecule has 0 aliphatic rings. The molecule has 0 saturated carbocycles. The summed E-state index contributed by atoms with van der Waals surface area (Å²) in [5.74, 6) is -0.437. The van der Waals surface area contributed by atoms with E-state index < -0.39 is 0 Å². The van der Waals surface area contributed by atoms with E-state index in [0.29, 0.717) is 15.8 Å². The van der Waals surface area contributed by atoms with Crippen molar-refractivity contribution in [3.05, 3.63) is 70.3 Å². The summed E-state index contributed by atoms with van der Waals surface area (Å²) in [6, 6.07) is 13.2. The fourth-order valence-corrected chi connectivity index (χ4v) is 2.90. The fourth-order valence-electron chi connectivity index (χ4n) is 2.04. The lowest BCUT2D eigenvalue weighted by Gasteiger charge is -2.02. The van der Waals surface area contributed by atoms with Crippen LogP contribution in [0.2, 0.25) is 5.02 Å². The number of thiazole rings is 1. The number of benzene rings is 2. The molecule has 1 N–H and O–H groups in total. The maximum atomic E-state index is 12.9. The molecular formula is C17H12ClFN2OS. The summed E-state index contributed by atoms with van der Waals surface area (Å²) in [4.78, 5) is 16.4. The fraction of sp³-hybridized carbons (Fsp3) is 0.0588. The number of anilines is 1. The van der Waals surface area contributed by atoms with Crippen molar-refractivity contribution in [1.82, 2.24) is 4.98 Å². The molecule has 0 aliphatic heterocycles. The van der Waals surface area contributed by atoms with Crippen LogP contribution < -0.4 is 5.32 Å². The average molecular weight is 347 g/mol. The molecule has 0 spiro atoms. The highest BCUT2D eigenvalue weighted by Crippen LogP contribution is 2.25. The van der Waals surface area contributed by atoms with E-state index in [9.17, 15) is 9.18 Å². The van der Waals surface area contributed by atoms with Crippen molar-refractivity contribution in [2.75, 3.05) is 5.32 Å². The van der Waals surface area contributed by atoms with Gasteiger partial charge in [-0.05, 0) is 42.0 Å². The summed E-state index contributed by atoms with van der Waals surface area (Å²) in [7, 11) is 0. The molecule has 0 bridgehead atoms. The average Bonchev–Trinajstić information content (AvgIpc) is 2.98. The summed E-state index contributed by atoms with van der Waals surface area (Å²) in [6.45, 7) is 0. The Labute approximate surface area is 141 Å². The molecule has 1 amide bonds. The first-order chi connectivity index (χ1) is 11.1. The second-order valence-corrected chi connectivity index (χ2v) is 6.19. The van der Waals surface area contributed by atoms with Gasteiger partial charge in [-0.1, -0.05) is 23.7 Å². The van der Waals surface area contributed by atoms with Crippen LogP contribution in [0, 0.1) is 5.82 Å². The first-order valence-corrected chi connectivity index (χ1v) is 8.12. The van der Waals surface area contributed by atoms with Gasteiger partial charge in [-0.25, -0.2) is 9.37 Å². The smallest absolute Gasteiger partial charge is 0.230 e. The van der Waals surface area contributed by atoms with Gasteiger partial charge in [-0.3, -0.25) is 4.79 Å². The lowest BCUT2D eigenvalue weighted by Crippen LogP contribution is -2.14. The molecule has 3 aromatic rings. The van der Waals surface area contributed by atoms with E-state index in [-0.39, 0.29) is 18.1 Å². The Morgan fingerprint density at radius 1 is 1.13 bits per heavy atom. The Balaban J connectivity index is 1.65. The van der Waals surface area contributed by atoms with Gasteiger partial charge in [0.25, 0.3) is 0 Å². The number of nitrogens with zero attached hydrogens (tertiary/aromatic N) is 1. The normalized spacial score (nSPS) is 10.5. The van der Waals surface area contributed by atoms with Crippen molar-refractivity contribution in [2.45, 2.75) is 6.42 Å². The molecule has 0 aliphatic carbocycles. The van der Waals surface area contributed by atoms with Crippen LogP contribution in [-0.2, 0) is 11.2 Å². The van der Waals surface area contributed by atoms with E-state index in [1.807, 2.05) is 17.5 Å². The van der Waals surface area contributed by atoms with Gasteiger partial charge < -0.3 is 5.32 Å². The first kappa shape index (κ1) is 15.6. The third-order valence-electron chi connectivity index (χ3n) is 3.17. The van der Waals surface area contributed by atoms with Crippen LogP contribution in [0.5, 0.6) is 0 Å². The summed E-state index contributed by atoms with van der Waals surface area (Å²) >= 11 is 7.15. The zero-order chi connectivity index (χ0) is 16.2. The van der Waals surface area contributed by atoms with Crippen molar-refractivity contribution in [3.8, 4) is 11.3 Å². The maximum Gasteiger partial charge on any atom is 0.230 e. The third-order valence-corrected chi connectivity index (χ3v) is 4.18. The van der Waals surface area contributed by atoms with Gasteiger partial charge in [0.2, 0.25) is 5.91 Å². The molecule has 2 aromatic carbocycles. The van der Waals surface area contributed by atoms with Crippen LogP contribution in [0.1, 0.15) is 5.56 Å². The molecule has 6 heteroatoms. The van der Waals surface area contributed by atoms with Gasteiger partial charge in [-0.15, -0.1) is 11.3 Å². The van der Waals surface area contributed by atoms with Crippen LogP contribution in [0.3, 0.4) is 0 Å². The number of amides is 1. The van der Waals surface area contributed by atoms with Crippen molar-refractivity contribution in [2.24, 2.45) is 0 Å². The monoisotopic (exact) mass is 346 g/mol. The Morgan fingerprint density at radius 2 is 1.83 bits per heavy atom. The minimum atomic E-state index is -0.291. The molecule has 23 heavy (non-hydrogen) atoms. The third kappa shape index (κ3) is 4.15. The van der Waals surface area contributed by atoms with Crippen molar-refractivity contribution < 1.29 is 9.18 Å². The molecular weight excluding hydrogens is 335 g/mol. The Bertz CT molecular complexity index is 815. The zero-order valence-electron chi connectivity index (χ0n) is 11.9. The van der Waals surface area contributed by atoms with Gasteiger partial charge >= 0.3 is 0 Å². The van der Waals surface area contributed by atoms with Gasteiger partial charge in [-0.2, -0.15) is 0 Å². The maximum absolute atomic E-state index is 12.9. The minimum absolute atomic E-state index is 0.146. The van der Waals surface area contributed by atoms with Crippen LogP contribution >= 0.6 is 22.9 Å². The van der Waals surface area contributed by atoms with E-state index in [2.05, 4.69) is 10.3 Å². The Kier molecular flexibility index (Phi) is 4.69. The quantitative estimate of drug-likeness (QED) is 0.738. The molecule has 3 rings (SSSR count). The van der Waals surface area contributed by atoms with E-state index >= 15 is 0 Å². The van der Waals surface area contributed by atoms with E-state index in [0.717, 1.165) is 11.1 Å². The predicted molar refractivity (Wildman–Crippen MR) is 91.3 cm³/mol. The topological polar surface area (TPSA) is 42.0 Å². The highest BCUT2D eigenvalue weighted by molar-refractivity contribution is 7.14.